The molecule has 1 spiro atoms. The summed E-state index contributed by atoms with van der Waals surface area (Å²) in [5, 5.41) is 7.81. The number of amides is 3. The average Bonchev–Trinajstić information content (AvgIpc) is 3.75. The van der Waals surface area contributed by atoms with E-state index in [0.717, 1.165) is 22.0 Å². The lowest BCUT2D eigenvalue weighted by molar-refractivity contribution is -0.143. The number of aromatic nitrogens is 1. The van der Waals surface area contributed by atoms with E-state index in [1.165, 1.54) is 4.90 Å². The van der Waals surface area contributed by atoms with Crippen LogP contribution < -0.4 is 20.1 Å². The van der Waals surface area contributed by atoms with E-state index in [-0.39, 0.29) is 31.1 Å². The fourth-order valence-electron chi connectivity index (χ4n) is 6.94. The first-order valence-electron chi connectivity index (χ1n) is 13.1. The van der Waals surface area contributed by atoms with Gasteiger partial charge in [-0.05, 0) is 41.8 Å². The van der Waals surface area contributed by atoms with Gasteiger partial charge in [-0.15, -0.1) is 0 Å². The van der Waals surface area contributed by atoms with Crippen LogP contribution in [0.15, 0.2) is 66.9 Å². The minimum absolute atomic E-state index is 0.0706. The lowest BCUT2D eigenvalue weighted by Gasteiger charge is -2.29. The van der Waals surface area contributed by atoms with E-state index < -0.39 is 23.4 Å². The Morgan fingerprint density at radius 1 is 0.975 bits per heavy atom. The number of hydrogen-bond donors (Lipinski definition) is 3. The van der Waals surface area contributed by atoms with E-state index in [2.05, 4.69) is 15.6 Å². The number of benzene rings is 3. The molecule has 9 nitrogen and oxygen atoms in total. The van der Waals surface area contributed by atoms with Crippen LogP contribution in [0.25, 0.3) is 10.9 Å². The monoisotopic (exact) mass is 554 g/mol. The summed E-state index contributed by atoms with van der Waals surface area (Å²) in [5.41, 5.74) is 2.37. The Kier molecular flexibility index (Phi) is 4.90. The number of imide groups is 1. The minimum atomic E-state index is -1.42. The van der Waals surface area contributed by atoms with E-state index in [9.17, 15) is 14.4 Å². The van der Waals surface area contributed by atoms with Gasteiger partial charge in [0.1, 0.15) is 5.54 Å². The number of para-hydroxylation sites is 2. The smallest absolute Gasteiger partial charge is 0.250 e. The average molecular weight is 555 g/mol. The van der Waals surface area contributed by atoms with Gasteiger partial charge in [0.2, 0.25) is 24.5 Å². The zero-order chi connectivity index (χ0) is 27.2. The molecule has 5 heterocycles. The van der Waals surface area contributed by atoms with Gasteiger partial charge in [-0.25, -0.2) is 0 Å². The van der Waals surface area contributed by atoms with Gasteiger partial charge in [0.05, 0.1) is 29.1 Å². The molecule has 4 atom stereocenters. The molecule has 1 aromatic heterocycles. The van der Waals surface area contributed by atoms with Crippen molar-refractivity contribution in [1.82, 2.24) is 15.2 Å². The van der Waals surface area contributed by atoms with E-state index in [0.29, 0.717) is 34.2 Å². The highest BCUT2D eigenvalue weighted by atomic mass is 35.5. The molecule has 3 N–H and O–H groups in total. The molecule has 40 heavy (non-hydrogen) atoms. The Balaban J connectivity index is 1.22. The summed E-state index contributed by atoms with van der Waals surface area (Å²) in [5.74, 6) is -1.54. The summed E-state index contributed by atoms with van der Waals surface area (Å²) in [4.78, 5) is 46.7. The third-order valence-electron chi connectivity index (χ3n) is 8.68. The third kappa shape index (κ3) is 3.10. The Labute approximate surface area is 233 Å². The molecule has 0 bridgehead atoms. The summed E-state index contributed by atoms with van der Waals surface area (Å²) < 4.78 is 10.9. The summed E-state index contributed by atoms with van der Waals surface area (Å²) in [6.45, 7) is 0.201. The van der Waals surface area contributed by atoms with Crippen molar-refractivity contribution >= 4 is 45.9 Å². The predicted molar refractivity (Wildman–Crippen MR) is 146 cm³/mol. The lowest BCUT2D eigenvalue weighted by atomic mass is 9.76. The Morgan fingerprint density at radius 2 is 1.82 bits per heavy atom. The van der Waals surface area contributed by atoms with Gasteiger partial charge in [-0.3, -0.25) is 24.6 Å². The molecule has 0 aliphatic carbocycles. The number of rotatable bonds is 4. The van der Waals surface area contributed by atoms with Crippen LogP contribution in [0.3, 0.4) is 0 Å². The van der Waals surface area contributed by atoms with Gasteiger partial charge in [0, 0.05) is 28.7 Å². The van der Waals surface area contributed by atoms with Crippen molar-refractivity contribution in [1.29, 1.82) is 0 Å². The molecule has 200 valence electrons. The van der Waals surface area contributed by atoms with Crippen LogP contribution in [0.5, 0.6) is 11.5 Å². The molecule has 10 heteroatoms. The zero-order valence-corrected chi connectivity index (χ0v) is 21.8. The number of likely N-dealkylation sites (tertiary alicyclic amines) is 1. The van der Waals surface area contributed by atoms with Crippen LogP contribution >= 0.6 is 11.6 Å². The molecule has 8 rings (SSSR count). The molecule has 4 aliphatic rings. The van der Waals surface area contributed by atoms with E-state index in [1.54, 1.807) is 30.3 Å². The molecule has 2 fully saturated rings. The lowest BCUT2D eigenvalue weighted by Crippen LogP contribution is -2.53. The maximum Gasteiger partial charge on any atom is 0.250 e. The van der Waals surface area contributed by atoms with Gasteiger partial charge in [-0.1, -0.05) is 48.0 Å². The van der Waals surface area contributed by atoms with Crippen LogP contribution in [0.2, 0.25) is 5.02 Å². The van der Waals surface area contributed by atoms with Gasteiger partial charge >= 0.3 is 0 Å². The second-order valence-corrected chi connectivity index (χ2v) is 11.1. The largest absolute Gasteiger partial charge is 0.454 e. The molecule has 3 amide bonds. The van der Waals surface area contributed by atoms with Crippen LogP contribution in [0.1, 0.15) is 16.7 Å². The number of aromatic amines is 1. The van der Waals surface area contributed by atoms with Crippen molar-refractivity contribution in [2.75, 3.05) is 12.1 Å². The molecular formula is C30H23ClN4O5. The van der Waals surface area contributed by atoms with Gasteiger partial charge in [0.25, 0.3) is 0 Å². The molecule has 0 radical (unpaired) electrons. The fraction of sp³-hybridized carbons (Fsp3) is 0.233. The quantitative estimate of drug-likeness (QED) is 0.332. The highest BCUT2D eigenvalue weighted by Crippen LogP contribution is 2.54. The molecule has 0 saturated carbocycles. The highest BCUT2D eigenvalue weighted by Gasteiger charge is 2.70. The molecule has 4 aliphatic heterocycles. The SMILES string of the molecule is O=C1C2C(Cc3c[nH]c4ccccc34)NC3(C(=O)Nc4c(Cl)cccc43)C2C(=O)N1Cc1ccc2c(c1)OCO2. The molecule has 2 saturated heterocycles. The first-order chi connectivity index (χ1) is 19.5. The summed E-state index contributed by atoms with van der Waals surface area (Å²) >= 11 is 6.47. The number of H-pyrrole nitrogens is 1. The van der Waals surface area contributed by atoms with Crippen molar-refractivity contribution in [3.8, 4) is 11.5 Å². The number of anilines is 1. The van der Waals surface area contributed by atoms with E-state index in [1.807, 2.05) is 36.5 Å². The van der Waals surface area contributed by atoms with Gasteiger partial charge in [-0.2, -0.15) is 0 Å². The highest BCUT2D eigenvalue weighted by molar-refractivity contribution is 6.35. The second kappa shape index (κ2) is 8.33. The molecule has 3 aromatic carbocycles. The van der Waals surface area contributed by atoms with Crippen LogP contribution in [-0.2, 0) is 32.9 Å². The maximum absolute atomic E-state index is 14.2. The van der Waals surface area contributed by atoms with E-state index >= 15 is 0 Å². The predicted octanol–water partition coefficient (Wildman–Crippen LogP) is 3.71. The topological polar surface area (TPSA) is 113 Å². The summed E-state index contributed by atoms with van der Waals surface area (Å²) in [6.07, 6.45) is 2.38. The Morgan fingerprint density at radius 3 is 2.73 bits per heavy atom. The third-order valence-corrected chi connectivity index (χ3v) is 9.00. The second-order valence-electron chi connectivity index (χ2n) is 10.7. The Hall–Kier alpha value is -4.34. The van der Waals surface area contributed by atoms with Crippen molar-refractivity contribution in [3.63, 3.8) is 0 Å². The normalized spacial score (nSPS) is 26.2. The van der Waals surface area contributed by atoms with Crippen molar-refractivity contribution < 1.29 is 23.9 Å². The summed E-state index contributed by atoms with van der Waals surface area (Å²) in [6, 6.07) is 18.1. The number of halogens is 1. The van der Waals surface area contributed by atoms with Crippen LogP contribution in [-0.4, -0.2) is 40.4 Å². The van der Waals surface area contributed by atoms with Crippen molar-refractivity contribution in [2.45, 2.75) is 24.5 Å². The number of carbonyl (C=O) groups excluding carboxylic acids is 3. The van der Waals surface area contributed by atoms with E-state index in [4.69, 9.17) is 21.1 Å². The van der Waals surface area contributed by atoms with Gasteiger partial charge < -0.3 is 19.8 Å². The van der Waals surface area contributed by atoms with Crippen molar-refractivity contribution in [2.24, 2.45) is 11.8 Å². The molecule has 4 aromatic rings. The van der Waals surface area contributed by atoms with Gasteiger partial charge in [0.15, 0.2) is 11.5 Å². The standard InChI is InChI=1S/C30H23ClN4O5/c31-19-6-3-5-18-26(19)33-29(38)30(18)25-24(21(34-30)11-16-12-32-20-7-2-1-4-17(16)20)27(36)35(28(25)37)13-15-8-9-22-23(10-15)40-14-39-22/h1-10,12,21,24-25,32,34H,11,13-14H2,(H,33,38). The van der Waals surface area contributed by atoms with Crippen LogP contribution in [0, 0.1) is 11.8 Å². The minimum Gasteiger partial charge on any atom is -0.454 e. The van der Waals surface area contributed by atoms with Crippen molar-refractivity contribution in [3.05, 3.63) is 88.6 Å². The summed E-state index contributed by atoms with van der Waals surface area (Å²) in [7, 11) is 0. The first kappa shape index (κ1) is 23.5. The number of nitrogens with zero attached hydrogens (tertiary/aromatic N) is 1. The number of carbonyl (C=O) groups is 3. The fourth-order valence-corrected chi connectivity index (χ4v) is 7.16. The molecular weight excluding hydrogens is 532 g/mol. The number of ether oxygens (including phenoxy) is 2. The Bertz CT molecular complexity index is 1770. The molecule has 4 unspecified atom stereocenters. The zero-order valence-electron chi connectivity index (χ0n) is 21.1. The van der Waals surface area contributed by atoms with Crippen LogP contribution in [0.4, 0.5) is 5.69 Å². The number of fused-ring (bicyclic) bond motifs is 6. The first-order valence-corrected chi connectivity index (χ1v) is 13.5. The maximum atomic E-state index is 14.2. The number of hydrogen-bond acceptors (Lipinski definition) is 6. The number of nitrogens with one attached hydrogen (secondary N) is 3.